The maximum Gasteiger partial charge on any atom is 0.313 e. The summed E-state index contributed by atoms with van der Waals surface area (Å²) in [6.07, 6.45) is 1.31. The highest BCUT2D eigenvalue weighted by atomic mass is 35.5. The molecule has 1 aliphatic rings. The number of benzene rings is 2. The van der Waals surface area contributed by atoms with Crippen LogP contribution < -0.4 is 0 Å². The van der Waals surface area contributed by atoms with Crippen molar-refractivity contribution >= 4 is 17.6 Å². The third-order valence-electron chi connectivity index (χ3n) is 5.55. The van der Waals surface area contributed by atoms with E-state index in [9.17, 15) is 19.4 Å². The molecule has 2 aromatic carbocycles. The van der Waals surface area contributed by atoms with Gasteiger partial charge in [-0.15, -0.1) is 0 Å². The van der Waals surface area contributed by atoms with Crippen LogP contribution >= 0.6 is 11.6 Å². The Morgan fingerprint density at radius 1 is 1.21 bits per heavy atom. The van der Waals surface area contributed by atoms with Crippen LogP contribution in [0.2, 0.25) is 5.02 Å². The van der Waals surface area contributed by atoms with E-state index in [1.165, 1.54) is 12.1 Å². The van der Waals surface area contributed by atoms with Crippen LogP contribution in [0.3, 0.4) is 0 Å². The van der Waals surface area contributed by atoms with Crippen molar-refractivity contribution in [3.05, 3.63) is 70.5 Å². The van der Waals surface area contributed by atoms with Gasteiger partial charge < -0.3 is 10.2 Å². The first-order chi connectivity index (χ1) is 13.4. The van der Waals surface area contributed by atoms with Gasteiger partial charge in [0.05, 0.1) is 6.10 Å². The van der Waals surface area contributed by atoms with Gasteiger partial charge in [-0.05, 0) is 55.0 Å². The van der Waals surface area contributed by atoms with Crippen LogP contribution in [0.15, 0.2) is 48.5 Å². The van der Waals surface area contributed by atoms with Gasteiger partial charge >= 0.3 is 5.97 Å². The number of hydrogen-bond acceptors (Lipinski definition) is 3. The number of carboxylic acids is 1. The Labute approximate surface area is 169 Å². The standard InChI is InChI=1S/C22H25ClFNO3/c23-18-11-17(12-19(24)13-18)14-25-10-8-20(26)22(15-25,21(27)28)9-4-7-16-5-2-1-3-6-16/h1-3,5-6,11-13,20,26H,4,7-10,14-15H2,(H,27,28)/t20-,22+/m0/s1. The summed E-state index contributed by atoms with van der Waals surface area (Å²) < 4.78 is 13.6. The molecule has 4 nitrogen and oxygen atoms in total. The molecular formula is C22H25ClFNO3. The predicted molar refractivity (Wildman–Crippen MR) is 107 cm³/mol. The van der Waals surface area contributed by atoms with E-state index in [2.05, 4.69) is 0 Å². The van der Waals surface area contributed by atoms with Crippen LogP contribution in [0.4, 0.5) is 4.39 Å². The maximum absolute atomic E-state index is 13.6. The van der Waals surface area contributed by atoms with Crippen LogP contribution in [-0.4, -0.2) is 40.3 Å². The molecule has 1 fully saturated rings. The fourth-order valence-corrected chi connectivity index (χ4v) is 4.32. The molecule has 0 spiro atoms. The fraction of sp³-hybridized carbons (Fsp3) is 0.409. The zero-order valence-corrected chi connectivity index (χ0v) is 16.4. The summed E-state index contributed by atoms with van der Waals surface area (Å²) in [7, 11) is 0. The number of aliphatic hydroxyl groups is 1. The molecule has 6 heteroatoms. The molecule has 1 saturated heterocycles. The van der Waals surface area contributed by atoms with Gasteiger partial charge in [0.25, 0.3) is 0 Å². The molecule has 0 unspecified atom stereocenters. The Balaban J connectivity index is 1.70. The second-order valence-corrected chi connectivity index (χ2v) is 8.03. The van der Waals surface area contributed by atoms with Crippen LogP contribution in [-0.2, 0) is 17.8 Å². The van der Waals surface area contributed by atoms with E-state index in [0.29, 0.717) is 42.9 Å². The first kappa shape index (κ1) is 20.8. The number of rotatable bonds is 7. The summed E-state index contributed by atoms with van der Waals surface area (Å²) in [4.78, 5) is 14.1. The highest BCUT2D eigenvalue weighted by Crippen LogP contribution is 2.36. The minimum Gasteiger partial charge on any atom is -0.481 e. The van der Waals surface area contributed by atoms with Crippen LogP contribution in [0.1, 0.15) is 30.4 Å². The maximum atomic E-state index is 13.6. The SMILES string of the molecule is O=C(O)[C@]1(CCCc2ccccc2)CN(Cc2cc(F)cc(Cl)c2)CC[C@@H]1O. The molecule has 28 heavy (non-hydrogen) atoms. The molecule has 0 radical (unpaired) electrons. The highest BCUT2D eigenvalue weighted by Gasteiger charge is 2.48. The van der Waals surface area contributed by atoms with Gasteiger partial charge in [0, 0.05) is 24.7 Å². The molecule has 0 saturated carbocycles. The van der Waals surface area contributed by atoms with E-state index in [4.69, 9.17) is 11.6 Å². The molecule has 2 N–H and O–H groups in total. The van der Waals surface area contributed by atoms with Crippen molar-refractivity contribution in [1.82, 2.24) is 4.90 Å². The quantitative estimate of drug-likeness (QED) is 0.726. The highest BCUT2D eigenvalue weighted by molar-refractivity contribution is 6.30. The van der Waals surface area contributed by atoms with E-state index in [-0.39, 0.29) is 6.54 Å². The van der Waals surface area contributed by atoms with Gasteiger partial charge in [-0.1, -0.05) is 41.9 Å². The summed E-state index contributed by atoms with van der Waals surface area (Å²) >= 11 is 5.93. The number of halogens is 2. The first-order valence-electron chi connectivity index (χ1n) is 9.52. The monoisotopic (exact) mass is 405 g/mol. The zero-order chi connectivity index (χ0) is 20.1. The summed E-state index contributed by atoms with van der Waals surface area (Å²) in [6, 6.07) is 14.3. The number of hydrogen-bond donors (Lipinski definition) is 2. The minimum atomic E-state index is -1.22. The average molecular weight is 406 g/mol. The number of carboxylic acid groups (broad SMARTS) is 1. The molecule has 1 heterocycles. The van der Waals surface area contributed by atoms with Gasteiger partial charge in [0.2, 0.25) is 0 Å². The summed E-state index contributed by atoms with van der Waals surface area (Å²) in [6.45, 7) is 1.19. The van der Waals surface area contributed by atoms with Crippen molar-refractivity contribution in [2.75, 3.05) is 13.1 Å². The van der Waals surface area contributed by atoms with E-state index >= 15 is 0 Å². The van der Waals surface area contributed by atoms with Gasteiger partial charge in [-0.2, -0.15) is 0 Å². The Kier molecular flexibility index (Phi) is 6.70. The lowest BCUT2D eigenvalue weighted by molar-refractivity contribution is -0.164. The van der Waals surface area contributed by atoms with Crippen LogP contribution in [0.25, 0.3) is 0 Å². The molecule has 2 aromatic rings. The summed E-state index contributed by atoms with van der Waals surface area (Å²) in [5.41, 5.74) is 0.633. The Morgan fingerprint density at radius 2 is 1.96 bits per heavy atom. The second kappa shape index (κ2) is 9.03. The Bertz CT molecular complexity index is 796. The number of piperidine rings is 1. The lowest BCUT2D eigenvalue weighted by Crippen LogP contribution is -2.55. The molecule has 1 aliphatic heterocycles. The predicted octanol–water partition coefficient (Wildman–Crippen LogP) is 4.14. The van der Waals surface area contributed by atoms with Crippen molar-refractivity contribution in [2.24, 2.45) is 5.41 Å². The van der Waals surface area contributed by atoms with Gasteiger partial charge in [0.1, 0.15) is 11.2 Å². The van der Waals surface area contributed by atoms with Gasteiger partial charge in [-0.25, -0.2) is 4.39 Å². The van der Waals surface area contributed by atoms with E-state index in [1.54, 1.807) is 6.07 Å². The number of likely N-dealkylation sites (tertiary alicyclic amines) is 1. The number of aliphatic carboxylic acids is 1. The van der Waals surface area contributed by atoms with Gasteiger partial charge in [-0.3, -0.25) is 9.69 Å². The molecule has 0 aliphatic carbocycles. The third kappa shape index (κ3) is 4.90. The van der Waals surface area contributed by atoms with Crippen LogP contribution in [0, 0.1) is 11.2 Å². The number of aryl methyl sites for hydroxylation is 1. The van der Waals surface area contributed by atoms with Crippen molar-refractivity contribution in [3.63, 3.8) is 0 Å². The van der Waals surface area contributed by atoms with Crippen molar-refractivity contribution in [2.45, 2.75) is 38.3 Å². The summed E-state index contributed by atoms with van der Waals surface area (Å²) in [5, 5.41) is 20.9. The zero-order valence-electron chi connectivity index (χ0n) is 15.7. The lowest BCUT2D eigenvalue weighted by Gasteiger charge is -2.43. The molecule has 2 atom stereocenters. The molecule has 150 valence electrons. The van der Waals surface area contributed by atoms with Crippen molar-refractivity contribution < 1.29 is 19.4 Å². The largest absolute Gasteiger partial charge is 0.481 e. The first-order valence-corrected chi connectivity index (χ1v) is 9.89. The topological polar surface area (TPSA) is 60.8 Å². The Morgan fingerprint density at radius 3 is 2.64 bits per heavy atom. The molecule has 0 bridgehead atoms. The van der Waals surface area contributed by atoms with E-state index in [0.717, 1.165) is 12.0 Å². The Hall–Kier alpha value is -1.95. The second-order valence-electron chi connectivity index (χ2n) is 7.59. The average Bonchev–Trinajstić information content (AvgIpc) is 2.64. The number of aliphatic hydroxyl groups excluding tert-OH is 1. The smallest absolute Gasteiger partial charge is 0.313 e. The van der Waals surface area contributed by atoms with Crippen molar-refractivity contribution in [1.29, 1.82) is 0 Å². The third-order valence-corrected chi connectivity index (χ3v) is 5.77. The van der Waals surface area contributed by atoms with Gasteiger partial charge in [0.15, 0.2) is 0 Å². The van der Waals surface area contributed by atoms with Crippen molar-refractivity contribution in [3.8, 4) is 0 Å². The lowest BCUT2D eigenvalue weighted by atomic mass is 9.73. The molecule has 0 amide bonds. The molecule has 3 rings (SSSR count). The van der Waals surface area contributed by atoms with Crippen LogP contribution in [0.5, 0.6) is 0 Å². The number of nitrogens with zero attached hydrogens (tertiary/aromatic N) is 1. The molecule has 0 aromatic heterocycles. The normalized spacial score (nSPS) is 22.9. The minimum absolute atomic E-state index is 0.229. The molecular weight excluding hydrogens is 381 g/mol. The van der Waals surface area contributed by atoms with E-state index in [1.807, 2.05) is 35.2 Å². The number of carbonyl (C=O) groups is 1. The fourth-order valence-electron chi connectivity index (χ4n) is 4.08. The summed E-state index contributed by atoms with van der Waals surface area (Å²) in [5.74, 6) is -1.39. The van der Waals surface area contributed by atoms with E-state index < -0.39 is 23.3 Å².